The molecule has 10 nitrogen and oxygen atoms in total. The first-order chi connectivity index (χ1) is 18.1. The van der Waals surface area contributed by atoms with Gasteiger partial charge in [-0.2, -0.15) is 5.10 Å². The zero-order valence-electron chi connectivity index (χ0n) is 20.5. The summed E-state index contributed by atoms with van der Waals surface area (Å²) in [6.45, 7) is 1.34. The van der Waals surface area contributed by atoms with E-state index in [0.29, 0.717) is 24.0 Å². The summed E-state index contributed by atoms with van der Waals surface area (Å²) < 4.78 is 16.4. The van der Waals surface area contributed by atoms with Crippen LogP contribution in [0, 0.1) is 0 Å². The van der Waals surface area contributed by atoms with Crippen LogP contribution in [0.1, 0.15) is 41.6 Å². The van der Waals surface area contributed by atoms with Crippen LogP contribution in [-0.4, -0.2) is 53.5 Å². The van der Waals surface area contributed by atoms with Crippen molar-refractivity contribution < 1.29 is 19.0 Å². The standard InChI is InChI=1S/C27H26N6O4/c1-35-16-4-6-20-18(10-16)27(26(34)29-20)11-19(27)14-3-5-17-21(9-14)32-33-24(17)31-25-22(36-2)12-28-23(30-25)15-7-8-37-13-15/h3-6,9-10,12,15,19H,7-8,11,13H2,1-2H3,(H,29,34)(H2,28,30,31,32,33)/t15?,19-,27-/m0/s1. The molecule has 3 atom stereocenters. The van der Waals surface area contributed by atoms with E-state index in [1.807, 2.05) is 24.3 Å². The van der Waals surface area contributed by atoms with Crippen LogP contribution in [0.25, 0.3) is 10.9 Å². The fourth-order valence-corrected chi connectivity index (χ4v) is 5.72. The molecule has 7 rings (SSSR count). The molecule has 1 saturated carbocycles. The van der Waals surface area contributed by atoms with Gasteiger partial charge in [-0.05, 0) is 54.3 Å². The summed E-state index contributed by atoms with van der Waals surface area (Å²) in [7, 11) is 3.23. The largest absolute Gasteiger partial charge is 0.497 e. The molecule has 2 aromatic carbocycles. The minimum Gasteiger partial charge on any atom is -0.497 e. The summed E-state index contributed by atoms with van der Waals surface area (Å²) >= 11 is 0. The van der Waals surface area contributed by atoms with Gasteiger partial charge in [0.1, 0.15) is 11.6 Å². The van der Waals surface area contributed by atoms with Gasteiger partial charge in [0.25, 0.3) is 0 Å². The van der Waals surface area contributed by atoms with E-state index in [0.717, 1.165) is 58.7 Å². The first kappa shape index (κ1) is 22.1. The Morgan fingerprint density at radius 2 is 2.05 bits per heavy atom. The zero-order chi connectivity index (χ0) is 25.1. The molecule has 4 aromatic rings. The van der Waals surface area contributed by atoms with Gasteiger partial charge in [-0.1, -0.05) is 6.07 Å². The number of aromatic nitrogens is 4. The van der Waals surface area contributed by atoms with Crippen LogP contribution in [-0.2, 0) is 14.9 Å². The number of fused-ring (bicyclic) bond motifs is 3. The Morgan fingerprint density at radius 3 is 2.86 bits per heavy atom. The second-order valence-corrected chi connectivity index (χ2v) is 9.80. The van der Waals surface area contributed by atoms with E-state index in [2.05, 4.69) is 37.9 Å². The molecular formula is C27H26N6O4. The van der Waals surface area contributed by atoms with Gasteiger partial charge in [-0.15, -0.1) is 0 Å². The van der Waals surface area contributed by atoms with E-state index >= 15 is 0 Å². The maximum atomic E-state index is 13.0. The van der Waals surface area contributed by atoms with E-state index in [1.165, 1.54) is 0 Å². The molecule has 1 amide bonds. The minimum atomic E-state index is -0.548. The number of hydrogen-bond acceptors (Lipinski definition) is 8. The third kappa shape index (κ3) is 3.36. The number of nitrogens with one attached hydrogen (secondary N) is 3. The Kier molecular flexibility index (Phi) is 4.87. The second-order valence-electron chi connectivity index (χ2n) is 9.80. The molecule has 1 aliphatic carbocycles. The number of carbonyl (C=O) groups excluding carboxylic acids is 1. The van der Waals surface area contributed by atoms with Crippen molar-refractivity contribution in [2.24, 2.45) is 0 Å². The number of hydrogen-bond donors (Lipinski definition) is 3. The summed E-state index contributed by atoms with van der Waals surface area (Å²) in [5.74, 6) is 3.54. The van der Waals surface area contributed by atoms with E-state index < -0.39 is 5.41 Å². The number of amides is 1. The Bertz CT molecular complexity index is 1550. The molecule has 0 bridgehead atoms. The molecule has 2 aromatic heterocycles. The second kappa shape index (κ2) is 8.17. The molecule has 37 heavy (non-hydrogen) atoms. The fourth-order valence-electron chi connectivity index (χ4n) is 5.72. The van der Waals surface area contributed by atoms with Crippen LogP contribution in [0.2, 0.25) is 0 Å². The molecule has 3 N–H and O–H groups in total. The van der Waals surface area contributed by atoms with Gasteiger partial charge in [0.05, 0.1) is 38.0 Å². The summed E-state index contributed by atoms with van der Waals surface area (Å²) in [4.78, 5) is 22.2. The molecule has 0 radical (unpaired) electrons. The Hall–Kier alpha value is -4.18. The van der Waals surface area contributed by atoms with Gasteiger partial charge in [-0.25, -0.2) is 9.97 Å². The topological polar surface area (TPSA) is 123 Å². The highest BCUT2D eigenvalue weighted by Gasteiger charge is 2.65. The molecule has 2 fully saturated rings. The molecule has 2 aliphatic heterocycles. The van der Waals surface area contributed by atoms with Crippen molar-refractivity contribution in [1.82, 2.24) is 20.2 Å². The quantitative estimate of drug-likeness (QED) is 0.365. The van der Waals surface area contributed by atoms with Gasteiger partial charge in [0.2, 0.25) is 5.91 Å². The Morgan fingerprint density at radius 1 is 1.14 bits per heavy atom. The number of carbonyl (C=O) groups is 1. The third-order valence-electron chi connectivity index (χ3n) is 7.84. The van der Waals surface area contributed by atoms with Crippen LogP contribution < -0.4 is 20.1 Å². The summed E-state index contributed by atoms with van der Waals surface area (Å²) in [6, 6.07) is 12.0. The third-order valence-corrected chi connectivity index (χ3v) is 7.84. The average Bonchev–Trinajstić information content (AvgIpc) is 3.20. The molecule has 10 heteroatoms. The molecule has 4 heterocycles. The predicted molar refractivity (Wildman–Crippen MR) is 137 cm³/mol. The summed E-state index contributed by atoms with van der Waals surface area (Å²) in [5, 5.41) is 14.9. The fraction of sp³-hybridized carbons (Fsp3) is 0.333. The molecule has 1 saturated heterocycles. The predicted octanol–water partition coefficient (Wildman–Crippen LogP) is 4.00. The van der Waals surface area contributed by atoms with Crippen LogP contribution >= 0.6 is 0 Å². The number of anilines is 3. The molecule has 188 valence electrons. The van der Waals surface area contributed by atoms with Crippen molar-refractivity contribution in [3.8, 4) is 11.5 Å². The van der Waals surface area contributed by atoms with Crippen molar-refractivity contribution in [1.29, 1.82) is 0 Å². The average molecular weight is 499 g/mol. The minimum absolute atomic E-state index is 0.0483. The molecule has 1 spiro atoms. The van der Waals surface area contributed by atoms with Gasteiger partial charge in [0, 0.05) is 29.5 Å². The lowest BCUT2D eigenvalue weighted by Crippen LogP contribution is -2.21. The van der Waals surface area contributed by atoms with Gasteiger partial charge in [0.15, 0.2) is 17.4 Å². The number of rotatable bonds is 6. The Balaban J connectivity index is 1.18. The van der Waals surface area contributed by atoms with E-state index in [4.69, 9.17) is 19.2 Å². The van der Waals surface area contributed by atoms with Gasteiger partial charge < -0.3 is 24.8 Å². The van der Waals surface area contributed by atoms with Crippen molar-refractivity contribution in [2.45, 2.75) is 30.1 Å². The van der Waals surface area contributed by atoms with Crippen molar-refractivity contribution in [3.05, 3.63) is 59.5 Å². The normalized spacial score (nSPS) is 23.8. The summed E-state index contributed by atoms with van der Waals surface area (Å²) in [5.41, 5.74) is 3.30. The first-order valence-electron chi connectivity index (χ1n) is 12.3. The van der Waals surface area contributed by atoms with Crippen LogP contribution in [0.3, 0.4) is 0 Å². The first-order valence-corrected chi connectivity index (χ1v) is 12.3. The monoisotopic (exact) mass is 498 g/mol. The van der Waals surface area contributed by atoms with Crippen molar-refractivity contribution in [2.75, 3.05) is 38.1 Å². The SMILES string of the molecule is COc1ccc2c(c1)[C@]1(C[C@H]1c1ccc3c(Nc4nc(C5CCOC5)ncc4OC)n[nH]c3c1)C(=O)N2. The van der Waals surface area contributed by atoms with Gasteiger partial charge >= 0.3 is 0 Å². The van der Waals surface area contributed by atoms with E-state index in [1.54, 1.807) is 20.4 Å². The maximum Gasteiger partial charge on any atom is 0.235 e. The molecule has 3 aliphatic rings. The number of nitrogens with zero attached hydrogens (tertiary/aromatic N) is 3. The lowest BCUT2D eigenvalue weighted by Gasteiger charge is -2.12. The van der Waals surface area contributed by atoms with Crippen LogP contribution in [0.5, 0.6) is 11.5 Å². The Labute approximate surface area is 212 Å². The number of methoxy groups -OCH3 is 2. The smallest absolute Gasteiger partial charge is 0.235 e. The highest BCUT2D eigenvalue weighted by atomic mass is 16.5. The molecular weight excluding hydrogens is 472 g/mol. The van der Waals surface area contributed by atoms with E-state index in [-0.39, 0.29) is 17.7 Å². The van der Waals surface area contributed by atoms with Crippen molar-refractivity contribution in [3.63, 3.8) is 0 Å². The lowest BCUT2D eigenvalue weighted by molar-refractivity contribution is -0.118. The van der Waals surface area contributed by atoms with Gasteiger partial charge in [-0.3, -0.25) is 9.89 Å². The maximum absolute atomic E-state index is 13.0. The molecule has 1 unspecified atom stereocenters. The number of ether oxygens (including phenoxy) is 3. The number of aromatic amines is 1. The van der Waals surface area contributed by atoms with Crippen molar-refractivity contribution >= 4 is 34.1 Å². The number of H-pyrrole nitrogens is 1. The number of benzene rings is 2. The highest BCUT2D eigenvalue weighted by Crippen LogP contribution is 2.65. The van der Waals surface area contributed by atoms with E-state index in [9.17, 15) is 4.79 Å². The zero-order valence-corrected chi connectivity index (χ0v) is 20.5. The lowest BCUT2D eigenvalue weighted by atomic mass is 9.91. The van der Waals surface area contributed by atoms with Crippen LogP contribution in [0.4, 0.5) is 17.3 Å². The highest BCUT2D eigenvalue weighted by molar-refractivity contribution is 6.10. The summed E-state index contributed by atoms with van der Waals surface area (Å²) in [6.07, 6.45) is 3.34. The van der Waals surface area contributed by atoms with Crippen LogP contribution in [0.15, 0.2) is 42.6 Å².